The predicted octanol–water partition coefficient (Wildman–Crippen LogP) is 2.57. The largest absolute Gasteiger partial charge is 0.497 e. The number of hydrogen-bond acceptors (Lipinski definition) is 4. The number of methoxy groups -OCH3 is 1. The van der Waals surface area contributed by atoms with Crippen LogP contribution in [-0.4, -0.2) is 39.3 Å². The zero-order valence-corrected chi connectivity index (χ0v) is 15.6. The molecule has 0 aromatic heterocycles. The van der Waals surface area contributed by atoms with Crippen LogP contribution in [0.3, 0.4) is 0 Å². The molecule has 0 spiro atoms. The van der Waals surface area contributed by atoms with E-state index in [2.05, 4.69) is 5.32 Å². The van der Waals surface area contributed by atoms with Gasteiger partial charge in [0.05, 0.1) is 18.6 Å². The Balaban J connectivity index is 2.07. The summed E-state index contributed by atoms with van der Waals surface area (Å²) in [5.41, 5.74) is 2.47. The fraction of sp³-hybridized carbons (Fsp3) is 0.278. The minimum absolute atomic E-state index is 0.176. The van der Waals surface area contributed by atoms with Crippen molar-refractivity contribution < 1.29 is 17.9 Å². The first-order valence-corrected chi connectivity index (χ1v) is 9.15. The number of aryl methyl sites for hydroxylation is 2. The Morgan fingerprint density at radius 1 is 1.08 bits per heavy atom. The quantitative estimate of drug-likeness (QED) is 0.857. The summed E-state index contributed by atoms with van der Waals surface area (Å²) in [6.07, 6.45) is 0. The van der Waals surface area contributed by atoms with Crippen LogP contribution in [0.25, 0.3) is 0 Å². The molecule has 1 N–H and O–H groups in total. The van der Waals surface area contributed by atoms with Crippen LogP contribution in [0.5, 0.6) is 5.75 Å². The molecule has 6 nitrogen and oxygen atoms in total. The van der Waals surface area contributed by atoms with Crippen molar-refractivity contribution in [3.05, 3.63) is 53.6 Å². The molecule has 134 valence electrons. The Labute approximate surface area is 148 Å². The monoisotopic (exact) mass is 362 g/mol. The Bertz CT molecular complexity index is 861. The van der Waals surface area contributed by atoms with Crippen molar-refractivity contribution in [1.82, 2.24) is 4.31 Å². The molecule has 0 saturated heterocycles. The number of ether oxygens (including phenoxy) is 1. The van der Waals surface area contributed by atoms with Gasteiger partial charge in [0.15, 0.2) is 0 Å². The molecular weight excluding hydrogens is 340 g/mol. The zero-order chi connectivity index (χ0) is 18.6. The van der Waals surface area contributed by atoms with Gasteiger partial charge in [0.2, 0.25) is 15.9 Å². The van der Waals surface area contributed by atoms with E-state index in [1.165, 1.54) is 7.05 Å². The van der Waals surface area contributed by atoms with Crippen molar-refractivity contribution >= 4 is 21.6 Å². The van der Waals surface area contributed by atoms with Crippen LogP contribution in [0.1, 0.15) is 11.1 Å². The number of hydrogen-bond donors (Lipinski definition) is 1. The fourth-order valence-corrected chi connectivity index (χ4v) is 3.43. The van der Waals surface area contributed by atoms with Gasteiger partial charge < -0.3 is 10.1 Å². The summed E-state index contributed by atoms with van der Waals surface area (Å²) < 4.78 is 31.3. The van der Waals surface area contributed by atoms with Crippen LogP contribution in [0, 0.1) is 13.8 Å². The van der Waals surface area contributed by atoms with Gasteiger partial charge in [-0.15, -0.1) is 0 Å². The molecule has 1 amide bonds. The third-order valence-corrected chi connectivity index (χ3v) is 5.73. The van der Waals surface area contributed by atoms with Crippen molar-refractivity contribution in [1.29, 1.82) is 0 Å². The molecule has 0 unspecified atom stereocenters. The van der Waals surface area contributed by atoms with Crippen LogP contribution < -0.4 is 10.1 Å². The lowest BCUT2D eigenvalue weighted by Gasteiger charge is -2.17. The minimum Gasteiger partial charge on any atom is -0.497 e. The van der Waals surface area contributed by atoms with Crippen LogP contribution in [0.15, 0.2) is 47.4 Å². The van der Waals surface area contributed by atoms with Crippen molar-refractivity contribution in [2.75, 3.05) is 26.0 Å². The maximum atomic E-state index is 12.6. The zero-order valence-electron chi connectivity index (χ0n) is 14.7. The Morgan fingerprint density at radius 3 is 2.28 bits per heavy atom. The van der Waals surface area contributed by atoms with E-state index in [4.69, 9.17) is 4.74 Å². The van der Waals surface area contributed by atoms with Crippen LogP contribution in [-0.2, 0) is 14.8 Å². The number of nitrogens with zero attached hydrogens (tertiary/aromatic N) is 1. The molecule has 0 aliphatic heterocycles. The molecule has 0 aliphatic rings. The molecule has 0 radical (unpaired) electrons. The number of nitrogens with one attached hydrogen (secondary N) is 1. The summed E-state index contributed by atoms with van der Waals surface area (Å²) in [6, 6.07) is 11.7. The SMILES string of the molecule is COc1ccc(NC(=O)CN(C)S(=O)(=O)c2ccc(C)c(C)c2)cc1. The van der Waals surface area contributed by atoms with Gasteiger partial charge in [0.25, 0.3) is 0 Å². The predicted molar refractivity (Wildman–Crippen MR) is 97.4 cm³/mol. The fourth-order valence-electron chi connectivity index (χ4n) is 2.22. The third kappa shape index (κ3) is 4.58. The van der Waals surface area contributed by atoms with E-state index in [1.54, 1.807) is 49.6 Å². The lowest BCUT2D eigenvalue weighted by Crippen LogP contribution is -2.35. The lowest BCUT2D eigenvalue weighted by molar-refractivity contribution is -0.116. The average molecular weight is 362 g/mol. The average Bonchev–Trinajstić information content (AvgIpc) is 2.57. The normalized spacial score (nSPS) is 11.4. The number of carbonyl (C=O) groups is 1. The highest BCUT2D eigenvalue weighted by Crippen LogP contribution is 2.19. The number of rotatable bonds is 6. The first-order chi connectivity index (χ1) is 11.7. The highest BCUT2D eigenvalue weighted by molar-refractivity contribution is 7.89. The summed E-state index contributed by atoms with van der Waals surface area (Å²) >= 11 is 0. The van der Waals surface area contributed by atoms with E-state index in [1.807, 2.05) is 13.8 Å². The molecule has 2 aromatic carbocycles. The second-order valence-electron chi connectivity index (χ2n) is 5.78. The first-order valence-electron chi connectivity index (χ1n) is 7.71. The Hall–Kier alpha value is -2.38. The second kappa shape index (κ2) is 7.67. The van der Waals surface area contributed by atoms with Crippen molar-refractivity contribution in [3.63, 3.8) is 0 Å². The van der Waals surface area contributed by atoms with Crippen molar-refractivity contribution in [3.8, 4) is 5.75 Å². The van der Waals surface area contributed by atoms with Gasteiger partial charge in [-0.25, -0.2) is 8.42 Å². The van der Waals surface area contributed by atoms with Crippen molar-refractivity contribution in [2.45, 2.75) is 18.7 Å². The van der Waals surface area contributed by atoms with Gasteiger partial charge in [-0.2, -0.15) is 4.31 Å². The Kier molecular flexibility index (Phi) is 5.81. The number of sulfonamides is 1. The molecule has 0 saturated carbocycles. The van der Waals surface area contributed by atoms with Gasteiger partial charge in [-0.1, -0.05) is 6.07 Å². The van der Waals surface area contributed by atoms with Crippen LogP contribution >= 0.6 is 0 Å². The van der Waals surface area contributed by atoms with Crippen LogP contribution in [0.2, 0.25) is 0 Å². The number of likely N-dealkylation sites (N-methyl/N-ethyl adjacent to an activating group) is 1. The van der Waals surface area contributed by atoms with Gasteiger partial charge >= 0.3 is 0 Å². The van der Waals surface area contributed by atoms with E-state index < -0.39 is 15.9 Å². The molecule has 0 aliphatic carbocycles. The lowest BCUT2D eigenvalue weighted by atomic mass is 10.1. The summed E-state index contributed by atoms with van der Waals surface area (Å²) in [5.74, 6) is 0.257. The smallest absolute Gasteiger partial charge is 0.243 e. The molecule has 25 heavy (non-hydrogen) atoms. The van der Waals surface area contributed by atoms with Gasteiger partial charge in [-0.05, 0) is 61.4 Å². The van der Waals surface area contributed by atoms with Gasteiger partial charge in [-0.3, -0.25) is 4.79 Å². The van der Waals surface area contributed by atoms with E-state index >= 15 is 0 Å². The number of anilines is 1. The molecule has 2 rings (SSSR count). The molecule has 0 heterocycles. The second-order valence-corrected chi connectivity index (χ2v) is 7.83. The highest BCUT2D eigenvalue weighted by Gasteiger charge is 2.23. The standard InChI is InChI=1S/C18H22N2O4S/c1-13-5-10-17(11-14(13)2)25(22,23)20(3)12-18(21)19-15-6-8-16(24-4)9-7-15/h5-11H,12H2,1-4H3,(H,19,21). The maximum Gasteiger partial charge on any atom is 0.243 e. The number of benzene rings is 2. The van der Waals surface area contributed by atoms with E-state index in [9.17, 15) is 13.2 Å². The van der Waals surface area contributed by atoms with Crippen molar-refractivity contribution in [2.24, 2.45) is 0 Å². The number of carbonyl (C=O) groups excluding carboxylic acids is 1. The summed E-state index contributed by atoms with van der Waals surface area (Å²) in [5, 5.41) is 2.67. The minimum atomic E-state index is -3.72. The van der Waals surface area contributed by atoms with E-state index in [0.717, 1.165) is 15.4 Å². The van der Waals surface area contributed by atoms with E-state index in [0.29, 0.717) is 11.4 Å². The molecule has 7 heteroatoms. The third-order valence-electron chi connectivity index (χ3n) is 3.93. The summed E-state index contributed by atoms with van der Waals surface area (Å²) in [7, 11) is -0.781. The molecular formula is C18H22N2O4S. The molecule has 2 aromatic rings. The topological polar surface area (TPSA) is 75.7 Å². The highest BCUT2D eigenvalue weighted by atomic mass is 32.2. The van der Waals surface area contributed by atoms with Gasteiger partial charge in [0.1, 0.15) is 5.75 Å². The maximum absolute atomic E-state index is 12.6. The Morgan fingerprint density at radius 2 is 1.72 bits per heavy atom. The van der Waals surface area contributed by atoms with Crippen LogP contribution in [0.4, 0.5) is 5.69 Å². The van der Waals surface area contributed by atoms with Gasteiger partial charge in [0, 0.05) is 12.7 Å². The molecule has 0 bridgehead atoms. The number of amides is 1. The molecule has 0 fully saturated rings. The molecule has 0 atom stereocenters. The summed E-state index contributed by atoms with van der Waals surface area (Å²) in [4.78, 5) is 12.3. The summed E-state index contributed by atoms with van der Waals surface area (Å²) in [6.45, 7) is 3.49. The first kappa shape index (κ1) is 19.0. The van der Waals surface area contributed by atoms with E-state index in [-0.39, 0.29) is 11.4 Å².